The molecule has 124 valence electrons. The molecule has 0 saturated heterocycles. The van der Waals surface area contributed by atoms with Gasteiger partial charge in [-0.2, -0.15) is 0 Å². The van der Waals surface area contributed by atoms with E-state index in [9.17, 15) is 4.79 Å². The second-order valence-electron chi connectivity index (χ2n) is 5.23. The normalized spacial score (nSPS) is 10.8. The zero-order valence-electron chi connectivity index (χ0n) is 14.1. The molecule has 0 amide bonds. The highest BCUT2D eigenvalue weighted by Crippen LogP contribution is 2.04. The molecule has 0 fully saturated rings. The van der Waals surface area contributed by atoms with Crippen molar-refractivity contribution in [3.05, 3.63) is 47.5 Å². The van der Waals surface area contributed by atoms with E-state index in [-0.39, 0.29) is 5.97 Å². The molecular formula is C20H26O3. The third kappa shape index (κ3) is 10.3. The maximum atomic E-state index is 11.2. The van der Waals surface area contributed by atoms with E-state index in [0.29, 0.717) is 13.2 Å². The van der Waals surface area contributed by atoms with Gasteiger partial charge in [0.05, 0.1) is 13.2 Å². The van der Waals surface area contributed by atoms with Crippen molar-refractivity contribution in [1.29, 1.82) is 0 Å². The lowest BCUT2D eigenvalue weighted by Gasteiger charge is -2.03. The number of allylic oxidation sites excluding steroid dienone is 1. The first kappa shape index (κ1) is 19.0. The second-order valence-corrected chi connectivity index (χ2v) is 5.23. The molecule has 0 atom stereocenters. The molecule has 3 heteroatoms. The summed E-state index contributed by atoms with van der Waals surface area (Å²) >= 11 is 0. The van der Waals surface area contributed by atoms with Crippen LogP contribution in [0.1, 0.15) is 45.1 Å². The number of hydrogen-bond acceptors (Lipinski definition) is 3. The first-order valence-corrected chi connectivity index (χ1v) is 8.18. The van der Waals surface area contributed by atoms with Crippen molar-refractivity contribution in [1.82, 2.24) is 0 Å². The maximum Gasteiger partial charge on any atom is 0.331 e. The molecule has 0 aliphatic carbocycles. The Morgan fingerprint density at radius 1 is 1.17 bits per heavy atom. The first-order valence-electron chi connectivity index (χ1n) is 8.18. The number of unbranched alkanes of at least 4 members (excludes halogenated alkanes) is 3. The number of ether oxygens (including phenoxy) is 2. The summed E-state index contributed by atoms with van der Waals surface area (Å²) in [5.74, 6) is 5.73. The minimum atomic E-state index is -0.324. The molecule has 1 aromatic rings. The van der Waals surface area contributed by atoms with Gasteiger partial charge in [-0.1, -0.05) is 48.6 Å². The average molecular weight is 314 g/mol. The van der Waals surface area contributed by atoms with Crippen LogP contribution in [0, 0.1) is 11.8 Å². The lowest BCUT2D eigenvalue weighted by atomic mass is 10.2. The Morgan fingerprint density at radius 3 is 2.70 bits per heavy atom. The van der Waals surface area contributed by atoms with E-state index in [2.05, 4.69) is 24.0 Å². The Balaban J connectivity index is 2.03. The van der Waals surface area contributed by atoms with Crippen LogP contribution in [0.25, 0.3) is 0 Å². The third-order valence-corrected chi connectivity index (χ3v) is 3.11. The van der Waals surface area contributed by atoms with Crippen molar-refractivity contribution >= 4 is 5.97 Å². The molecule has 0 saturated carbocycles. The summed E-state index contributed by atoms with van der Waals surface area (Å²) in [6.07, 6.45) is 5.48. The lowest BCUT2D eigenvalue weighted by molar-refractivity contribution is -0.137. The lowest BCUT2D eigenvalue weighted by Crippen LogP contribution is -1.99. The van der Waals surface area contributed by atoms with Crippen LogP contribution in [0.5, 0.6) is 0 Å². The van der Waals surface area contributed by atoms with Crippen LogP contribution in [0.3, 0.4) is 0 Å². The van der Waals surface area contributed by atoms with Crippen molar-refractivity contribution in [3.63, 3.8) is 0 Å². The van der Waals surface area contributed by atoms with Gasteiger partial charge in [-0.05, 0) is 32.3 Å². The van der Waals surface area contributed by atoms with E-state index in [1.165, 1.54) is 11.6 Å². The molecule has 1 aromatic carbocycles. The van der Waals surface area contributed by atoms with Crippen LogP contribution < -0.4 is 0 Å². The van der Waals surface area contributed by atoms with Crippen LogP contribution in [0.15, 0.2) is 42.0 Å². The highest BCUT2D eigenvalue weighted by atomic mass is 16.5. The number of carbonyl (C=O) groups is 1. The first-order chi connectivity index (χ1) is 11.2. The summed E-state index contributed by atoms with van der Waals surface area (Å²) in [5.41, 5.74) is 1.96. The molecule has 0 N–H and O–H groups in total. The molecule has 23 heavy (non-hydrogen) atoms. The topological polar surface area (TPSA) is 35.5 Å². The van der Waals surface area contributed by atoms with Crippen molar-refractivity contribution in [3.8, 4) is 11.8 Å². The van der Waals surface area contributed by atoms with E-state index in [1.807, 2.05) is 25.1 Å². The summed E-state index contributed by atoms with van der Waals surface area (Å²) in [4.78, 5) is 11.2. The summed E-state index contributed by atoms with van der Waals surface area (Å²) in [6, 6.07) is 10.2. The van der Waals surface area contributed by atoms with Crippen LogP contribution in [0.4, 0.5) is 0 Å². The van der Waals surface area contributed by atoms with Crippen molar-refractivity contribution in [2.75, 3.05) is 13.2 Å². The van der Waals surface area contributed by atoms with Crippen molar-refractivity contribution in [2.24, 2.45) is 0 Å². The van der Waals surface area contributed by atoms with Gasteiger partial charge in [0.15, 0.2) is 0 Å². The fourth-order valence-electron chi connectivity index (χ4n) is 1.96. The van der Waals surface area contributed by atoms with Gasteiger partial charge in [0, 0.05) is 24.7 Å². The van der Waals surface area contributed by atoms with Crippen LogP contribution in [-0.4, -0.2) is 19.2 Å². The molecule has 0 aliphatic heterocycles. The molecule has 0 aromatic heterocycles. The number of carbonyl (C=O) groups excluding carboxylic acids is 1. The molecular weight excluding hydrogens is 288 g/mol. The molecule has 0 radical (unpaired) electrons. The van der Waals surface area contributed by atoms with Crippen molar-refractivity contribution < 1.29 is 14.3 Å². The predicted molar refractivity (Wildman–Crippen MR) is 92.7 cm³/mol. The number of benzene rings is 1. The van der Waals surface area contributed by atoms with Gasteiger partial charge in [0.2, 0.25) is 0 Å². The Morgan fingerprint density at radius 2 is 1.96 bits per heavy atom. The monoisotopic (exact) mass is 314 g/mol. The van der Waals surface area contributed by atoms with Gasteiger partial charge in [0.1, 0.15) is 0 Å². The van der Waals surface area contributed by atoms with Gasteiger partial charge in [-0.3, -0.25) is 0 Å². The zero-order valence-corrected chi connectivity index (χ0v) is 14.1. The van der Waals surface area contributed by atoms with Crippen LogP contribution in [-0.2, 0) is 20.9 Å². The third-order valence-electron chi connectivity index (χ3n) is 3.11. The van der Waals surface area contributed by atoms with Gasteiger partial charge < -0.3 is 9.47 Å². The summed E-state index contributed by atoms with van der Waals surface area (Å²) in [6.45, 7) is 5.46. The summed E-state index contributed by atoms with van der Waals surface area (Å²) < 4.78 is 10.5. The fraction of sp³-hybridized carbons (Fsp3) is 0.450. The maximum absolute atomic E-state index is 11.2. The minimum absolute atomic E-state index is 0.324. The molecule has 0 unspecified atom stereocenters. The number of rotatable bonds is 9. The van der Waals surface area contributed by atoms with Gasteiger partial charge >= 0.3 is 5.97 Å². The van der Waals surface area contributed by atoms with Gasteiger partial charge in [-0.15, -0.1) is 0 Å². The smallest absolute Gasteiger partial charge is 0.331 e. The van der Waals surface area contributed by atoms with E-state index in [1.54, 1.807) is 6.92 Å². The van der Waals surface area contributed by atoms with Crippen LogP contribution >= 0.6 is 0 Å². The predicted octanol–water partition coefficient (Wildman–Crippen LogP) is 4.28. The van der Waals surface area contributed by atoms with E-state index < -0.39 is 0 Å². The Kier molecular flexibility index (Phi) is 10.3. The van der Waals surface area contributed by atoms with Crippen molar-refractivity contribution in [2.45, 2.75) is 46.1 Å². The molecule has 0 bridgehead atoms. The Hall–Kier alpha value is -2.05. The molecule has 0 heterocycles. The van der Waals surface area contributed by atoms with E-state index >= 15 is 0 Å². The van der Waals surface area contributed by atoms with Crippen LogP contribution in [0.2, 0.25) is 0 Å². The Bertz CT molecular complexity index is 535. The molecule has 0 aliphatic rings. The molecule has 3 nitrogen and oxygen atoms in total. The van der Waals surface area contributed by atoms with Gasteiger partial charge in [0.25, 0.3) is 0 Å². The zero-order chi connectivity index (χ0) is 16.8. The minimum Gasteiger partial charge on any atom is -0.463 e. The molecule has 1 rings (SSSR count). The average Bonchev–Trinajstić information content (AvgIpc) is 2.54. The van der Waals surface area contributed by atoms with E-state index in [4.69, 9.17) is 9.47 Å². The number of hydrogen-bond donors (Lipinski definition) is 0. The summed E-state index contributed by atoms with van der Waals surface area (Å²) in [7, 11) is 0. The quantitative estimate of drug-likeness (QED) is 0.295. The largest absolute Gasteiger partial charge is 0.463 e. The second kappa shape index (κ2) is 12.5. The molecule has 0 spiro atoms. The highest BCUT2D eigenvalue weighted by molar-refractivity contribution is 5.83. The summed E-state index contributed by atoms with van der Waals surface area (Å²) in [5, 5.41) is 0. The highest BCUT2D eigenvalue weighted by Gasteiger charge is 1.95. The fourth-order valence-corrected chi connectivity index (χ4v) is 1.96. The standard InChI is InChI=1S/C20H26O3/c1-3-23-20(21)16-18(2)12-8-5-4-6-11-15-22-17-19-13-9-7-10-14-19/h7,9-10,13-14,16H,3-6,11,15,17H2,1-2H3/b18-16-. The number of esters is 1. The SMILES string of the molecule is CCOC(=O)/C=C(/C)C#CCCCCCOCc1ccccc1. The van der Waals surface area contributed by atoms with Gasteiger partial charge in [-0.25, -0.2) is 4.79 Å². The Labute approximate surface area is 139 Å². The van der Waals surface area contributed by atoms with E-state index in [0.717, 1.165) is 37.9 Å².